The lowest BCUT2D eigenvalue weighted by atomic mass is 9.99. The smallest absolute Gasteiger partial charge is 0.0477 e. The standard InChI is InChI=1S/C11H23NO/c1-4-13-9-5-8-12-11(2,3)10-6-7-10/h10,12H,4-9H2,1-3H3. The minimum absolute atomic E-state index is 0.353. The molecule has 1 rings (SSSR count). The van der Waals surface area contributed by atoms with Crippen LogP contribution in [0.5, 0.6) is 0 Å². The zero-order chi connectivity index (χ0) is 9.73. The van der Waals surface area contributed by atoms with Gasteiger partial charge in [-0.15, -0.1) is 0 Å². The Morgan fingerprint density at radius 3 is 2.62 bits per heavy atom. The summed E-state index contributed by atoms with van der Waals surface area (Å²) in [5.41, 5.74) is 0.353. The lowest BCUT2D eigenvalue weighted by Crippen LogP contribution is -2.42. The monoisotopic (exact) mass is 185 g/mol. The molecule has 0 aliphatic heterocycles. The normalized spacial score (nSPS) is 17.8. The Hall–Kier alpha value is -0.0800. The highest BCUT2D eigenvalue weighted by atomic mass is 16.5. The third kappa shape index (κ3) is 4.10. The Balaban J connectivity index is 1.97. The zero-order valence-electron chi connectivity index (χ0n) is 9.23. The molecule has 0 saturated heterocycles. The summed E-state index contributed by atoms with van der Waals surface area (Å²) in [6.45, 7) is 9.48. The molecule has 1 aliphatic rings. The van der Waals surface area contributed by atoms with Gasteiger partial charge in [0, 0.05) is 18.8 Å². The van der Waals surface area contributed by atoms with Crippen molar-refractivity contribution >= 4 is 0 Å². The van der Waals surface area contributed by atoms with E-state index in [-0.39, 0.29) is 0 Å². The molecule has 78 valence electrons. The number of hydrogen-bond acceptors (Lipinski definition) is 2. The first-order chi connectivity index (χ1) is 6.17. The van der Waals surface area contributed by atoms with Crippen molar-refractivity contribution < 1.29 is 4.74 Å². The minimum Gasteiger partial charge on any atom is -0.382 e. The van der Waals surface area contributed by atoms with Crippen molar-refractivity contribution in [2.45, 2.75) is 45.6 Å². The van der Waals surface area contributed by atoms with Gasteiger partial charge in [-0.2, -0.15) is 0 Å². The van der Waals surface area contributed by atoms with Crippen molar-refractivity contribution in [3.63, 3.8) is 0 Å². The van der Waals surface area contributed by atoms with E-state index >= 15 is 0 Å². The molecule has 0 radical (unpaired) electrons. The average molecular weight is 185 g/mol. The Kier molecular flexibility index (Phi) is 4.20. The van der Waals surface area contributed by atoms with Gasteiger partial charge in [-0.1, -0.05) is 0 Å². The van der Waals surface area contributed by atoms with Gasteiger partial charge in [-0.05, 0) is 52.5 Å². The van der Waals surface area contributed by atoms with Crippen LogP contribution in [0.4, 0.5) is 0 Å². The van der Waals surface area contributed by atoms with Gasteiger partial charge in [0.15, 0.2) is 0 Å². The molecule has 13 heavy (non-hydrogen) atoms. The van der Waals surface area contributed by atoms with Gasteiger partial charge in [0.2, 0.25) is 0 Å². The molecule has 1 aliphatic carbocycles. The first-order valence-electron chi connectivity index (χ1n) is 5.49. The molecule has 0 unspecified atom stereocenters. The molecule has 0 atom stereocenters. The highest BCUT2D eigenvalue weighted by Gasteiger charge is 2.36. The Labute approximate surface area is 82.0 Å². The van der Waals surface area contributed by atoms with E-state index in [1.165, 1.54) is 12.8 Å². The average Bonchev–Trinajstić information content (AvgIpc) is 2.86. The summed E-state index contributed by atoms with van der Waals surface area (Å²) in [6.07, 6.45) is 3.95. The lowest BCUT2D eigenvalue weighted by Gasteiger charge is -2.26. The maximum absolute atomic E-state index is 5.28. The number of hydrogen-bond donors (Lipinski definition) is 1. The predicted molar refractivity (Wildman–Crippen MR) is 55.9 cm³/mol. The fourth-order valence-electron chi connectivity index (χ4n) is 1.68. The van der Waals surface area contributed by atoms with Crippen LogP contribution in [0, 0.1) is 5.92 Å². The van der Waals surface area contributed by atoms with Crippen molar-refractivity contribution in [3.05, 3.63) is 0 Å². The summed E-state index contributed by atoms with van der Waals surface area (Å²) in [6, 6.07) is 0. The maximum Gasteiger partial charge on any atom is 0.0477 e. The van der Waals surface area contributed by atoms with Crippen LogP contribution in [0.3, 0.4) is 0 Å². The molecule has 1 N–H and O–H groups in total. The van der Waals surface area contributed by atoms with Crippen LogP contribution in [0.1, 0.15) is 40.0 Å². The van der Waals surface area contributed by atoms with E-state index in [1.807, 2.05) is 6.92 Å². The van der Waals surface area contributed by atoms with E-state index in [0.29, 0.717) is 5.54 Å². The molecule has 0 amide bonds. The molecular formula is C11H23NO. The van der Waals surface area contributed by atoms with Crippen molar-refractivity contribution in [1.29, 1.82) is 0 Å². The van der Waals surface area contributed by atoms with Gasteiger partial charge in [-0.3, -0.25) is 0 Å². The van der Waals surface area contributed by atoms with Gasteiger partial charge in [0.05, 0.1) is 0 Å². The van der Waals surface area contributed by atoms with Gasteiger partial charge in [0.1, 0.15) is 0 Å². The van der Waals surface area contributed by atoms with Crippen LogP contribution < -0.4 is 5.32 Å². The van der Waals surface area contributed by atoms with Gasteiger partial charge in [0.25, 0.3) is 0 Å². The highest BCUT2D eigenvalue weighted by molar-refractivity contribution is 4.94. The molecule has 2 heteroatoms. The van der Waals surface area contributed by atoms with Crippen LogP contribution in [0.25, 0.3) is 0 Å². The second-order valence-corrected chi connectivity index (χ2v) is 4.47. The molecule has 2 nitrogen and oxygen atoms in total. The van der Waals surface area contributed by atoms with Crippen LogP contribution in [-0.2, 0) is 4.74 Å². The molecule has 0 aromatic carbocycles. The van der Waals surface area contributed by atoms with Crippen LogP contribution in [-0.4, -0.2) is 25.3 Å². The Morgan fingerprint density at radius 1 is 1.38 bits per heavy atom. The van der Waals surface area contributed by atoms with Crippen molar-refractivity contribution in [2.24, 2.45) is 5.92 Å². The molecule has 1 fully saturated rings. The number of rotatable bonds is 7. The first kappa shape index (κ1) is 11.0. The first-order valence-corrected chi connectivity index (χ1v) is 5.49. The summed E-state index contributed by atoms with van der Waals surface area (Å²) in [4.78, 5) is 0. The van der Waals surface area contributed by atoms with Crippen molar-refractivity contribution in [2.75, 3.05) is 19.8 Å². The Bertz CT molecular complexity index is 141. The molecule has 0 aromatic rings. The van der Waals surface area contributed by atoms with Gasteiger partial charge in [-0.25, -0.2) is 0 Å². The molecular weight excluding hydrogens is 162 g/mol. The fraction of sp³-hybridized carbons (Fsp3) is 1.00. The second kappa shape index (κ2) is 4.97. The SMILES string of the molecule is CCOCCCNC(C)(C)C1CC1. The third-order valence-electron chi connectivity index (χ3n) is 2.85. The zero-order valence-corrected chi connectivity index (χ0v) is 9.23. The molecule has 0 spiro atoms. The van der Waals surface area contributed by atoms with E-state index in [1.54, 1.807) is 0 Å². The number of nitrogens with one attached hydrogen (secondary N) is 1. The summed E-state index contributed by atoms with van der Waals surface area (Å²) in [5.74, 6) is 0.916. The quantitative estimate of drug-likeness (QED) is 0.614. The summed E-state index contributed by atoms with van der Waals surface area (Å²) >= 11 is 0. The van der Waals surface area contributed by atoms with Gasteiger partial charge >= 0.3 is 0 Å². The van der Waals surface area contributed by atoms with Crippen LogP contribution in [0.15, 0.2) is 0 Å². The van der Waals surface area contributed by atoms with Crippen LogP contribution >= 0.6 is 0 Å². The van der Waals surface area contributed by atoms with E-state index in [2.05, 4.69) is 19.2 Å². The Morgan fingerprint density at radius 2 is 2.08 bits per heavy atom. The summed E-state index contributed by atoms with van der Waals surface area (Å²) in [5, 5.41) is 3.60. The van der Waals surface area contributed by atoms with E-state index in [4.69, 9.17) is 4.74 Å². The molecule has 0 aromatic heterocycles. The molecule has 0 bridgehead atoms. The van der Waals surface area contributed by atoms with Crippen molar-refractivity contribution in [3.8, 4) is 0 Å². The maximum atomic E-state index is 5.28. The topological polar surface area (TPSA) is 21.3 Å². The number of ether oxygens (including phenoxy) is 1. The van der Waals surface area contributed by atoms with Gasteiger partial charge < -0.3 is 10.1 Å². The van der Waals surface area contributed by atoms with Crippen LogP contribution in [0.2, 0.25) is 0 Å². The highest BCUT2D eigenvalue weighted by Crippen LogP contribution is 2.38. The largest absolute Gasteiger partial charge is 0.382 e. The lowest BCUT2D eigenvalue weighted by molar-refractivity contribution is 0.142. The van der Waals surface area contributed by atoms with E-state index < -0.39 is 0 Å². The van der Waals surface area contributed by atoms with Crippen molar-refractivity contribution in [1.82, 2.24) is 5.32 Å². The fourth-order valence-corrected chi connectivity index (χ4v) is 1.68. The van der Waals surface area contributed by atoms with E-state index in [0.717, 1.165) is 32.1 Å². The predicted octanol–water partition coefficient (Wildman–Crippen LogP) is 2.19. The molecule has 0 heterocycles. The second-order valence-electron chi connectivity index (χ2n) is 4.47. The third-order valence-corrected chi connectivity index (χ3v) is 2.85. The summed E-state index contributed by atoms with van der Waals surface area (Å²) < 4.78 is 5.28. The molecule has 1 saturated carbocycles. The minimum atomic E-state index is 0.353. The summed E-state index contributed by atoms with van der Waals surface area (Å²) in [7, 11) is 0. The van der Waals surface area contributed by atoms with E-state index in [9.17, 15) is 0 Å².